The number of aromatic nitrogens is 1. The molecule has 0 saturated carbocycles. The van der Waals surface area contributed by atoms with E-state index in [0.717, 1.165) is 5.57 Å². The number of rotatable bonds is 1. The Bertz CT molecular complexity index is 545. The van der Waals surface area contributed by atoms with Crippen molar-refractivity contribution < 1.29 is 14.7 Å². The van der Waals surface area contributed by atoms with Gasteiger partial charge in [-0.25, -0.2) is 4.79 Å². The van der Waals surface area contributed by atoms with Gasteiger partial charge >= 0.3 is 5.97 Å². The zero-order valence-corrected chi connectivity index (χ0v) is 10.1. The van der Waals surface area contributed by atoms with Crippen molar-refractivity contribution in [1.29, 1.82) is 0 Å². The number of pyridine rings is 1. The molecule has 0 aromatic carbocycles. The number of fused-ring (bicyclic) bond motifs is 1. The molecule has 96 valence electrons. The minimum atomic E-state index is -1.07. The van der Waals surface area contributed by atoms with E-state index in [9.17, 15) is 4.79 Å². The van der Waals surface area contributed by atoms with Crippen molar-refractivity contribution in [3.05, 3.63) is 66.2 Å². The molecule has 0 unspecified atom stereocenters. The predicted molar refractivity (Wildman–Crippen MR) is 70.3 cm³/mol. The number of hydrogen-bond acceptors (Lipinski definition) is 4. The molecule has 0 radical (unpaired) electrons. The van der Waals surface area contributed by atoms with Crippen molar-refractivity contribution in [2.75, 3.05) is 0 Å². The molecule has 2 heterocycles. The van der Waals surface area contributed by atoms with Crippen LogP contribution in [0.2, 0.25) is 0 Å². The highest BCUT2D eigenvalue weighted by atomic mass is 16.6. The molecule has 1 aliphatic heterocycles. The third-order valence-electron chi connectivity index (χ3n) is 2.38. The van der Waals surface area contributed by atoms with Crippen molar-refractivity contribution in [3.8, 4) is 0 Å². The summed E-state index contributed by atoms with van der Waals surface area (Å²) in [5.74, 6) is -0.436. The average Bonchev–Trinajstić information content (AvgIpc) is 2.49. The SMILES string of the molecule is O=C(O)C1=NOC2=CC=CCC2=C1.c1ccncc1. The molecular formula is C14H12N2O3. The summed E-state index contributed by atoms with van der Waals surface area (Å²) in [6, 6.07) is 5.72. The summed E-state index contributed by atoms with van der Waals surface area (Å²) in [5.41, 5.74) is 0.803. The first kappa shape index (κ1) is 12.8. The van der Waals surface area contributed by atoms with Gasteiger partial charge in [-0.1, -0.05) is 23.4 Å². The largest absolute Gasteiger partial charge is 0.476 e. The number of carboxylic acids is 1. The molecule has 0 fully saturated rings. The summed E-state index contributed by atoms with van der Waals surface area (Å²) in [6.07, 6.45) is 11.3. The van der Waals surface area contributed by atoms with E-state index in [4.69, 9.17) is 9.94 Å². The van der Waals surface area contributed by atoms with Gasteiger partial charge in [-0.15, -0.1) is 0 Å². The van der Waals surface area contributed by atoms with Crippen molar-refractivity contribution in [2.45, 2.75) is 6.42 Å². The van der Waals surface area contributed by atoms with Crippen LogP contribution in [0.25, 0.3) is 0 Å². The molecule has 2 aliphatic rings. The zero-order chi connectivity index (χ0) is 13.5. The number of carbonyl (C=O) groups is 1. The van der Waals surface area contributed by atoms with Crippen LogP contribution in [-0.4, -0.2) is 21.8 Å². The highest BCUT2D eigenvalue weighted by Gasteiger charge is 2.18. The molecule has 3 rings (SSSR count). The molecule has 0 atom stereocenters. The summed E-state index contributed by atoms with van der Waals surface area (Å²) >= 11 is 0. The van der Waals surface area contributed by atoms with E-state index in [1.165, 1.54) is 6.08 Å². The lowest BCUT2D eigenvalue weighted by molar-refractivity contribution is -0.129. The molecular weight excluding hydrogens is 244 g/mol. The maximum atomic E-state index is 10.5. The van der Waals surface area contributed by atoms with Crippen molar-refractivity contribution in [3.63, 3.8) is 0 Å². The number of carboxylic acid groups (broad SMARTS) is 1. The first-order chi connectivity index (χ1) is 9.27. The number of aliphatic carboxylic acids is 1. The number of hydrogen-bond donors (Lipinski definition) is 1. The minimum Gasteiger partial charge on any atom is -0.476 e. The second kappa shape index (κ2) is 6.30. The molecule has 0 saturated heterocycles. The third kappa shape index (κ3) is 3.64. The lowest BCUT2D eigenvalue weighted by Gasteiger charge is -2.14. The normalized spacial score (nSPS) is 15.7. The Kier molecular flexibility index (Phi) is 4.23. The van der Waals surface area contributed by atoms with Crippen LogP contribution >= 0.6 is 0 Å². The predicted octanol–water partition coefficient (Wildman–Crippen LogP) is 2.31. The fraction of sp³-hybridized carbons (Fsp3) is 0.0714. The smallest absolute Gasteiger partial charge is 0.357 e. The Hall–Kier alpha value is -2.69. The Morgan fingerprint density at radius 2 is 2.05 bits per heavy atom. The molecule has 19 heavy (non-hydrogen) atoms. The van der Waals surface area contributed by atoms with Gasteiger partial charge in [0.05, 0.1) is 0 Å². The summed E-state index contributed by atoms with van der Waals surface area (Å²) in [5, 5.41) is 12.1. The standard InChI is InChI=1S/C9H7NO3.C5H5N/c11-9(12)7-5-6-3-1-2-4-8(6)13-10-7;1-2-4-6-5-3-1/h1-2,4-5H,3H2,(H,11,12);1-5H. The Balaban J connectivity index is 0.000000186. The van der Waals surface area contributed by atoms with Gasteiger partial charge < -0.3 is 9.94 Å². The average molecular weight is 256 g/mol. The second-order valence-corrected chi connectivity index (χ2v) is 3.73. The highest BCUT2D eigenvalue weighted by molar-refractivity contribution is 6.40. The monoisotopic (exact) mass is 256 g/mol. The van der Waals surface area contributed by atoms with E-state index < -0.39 is 5.97 Å². The Morgan fingerprint density at radius 1 is 1.26 bits per heavy atom. The van der Waals surface area contributed by atoms with Crippen molar-refractivity contribution >= 4 is 11.7 Å². The third-order valence-corrected chi connectivity index (χ3v) is 2.38. The molecule has 5 heteroatoms. The van der Waals surface area contributed by atoms with Crippen LogP contribution in [0.1, 0.15) is 6.42 Å². The molecule has 1 aliphatic carbocycles. The zero-order valence-electron chi connectivity index (χ0n) is 10.1. The first-order valence-corrected chi connectivity index (χ1v) is 5.68. The van der Waals surface area contributed by atoms with Crippen molar-refractivity contribution in [2.24, 2.45) is 5.16 Å². The maximum absolute atomic E-state index is 10.5. The topological polar surface area (TPSA) is 71.8 Å². The van der Waals surface area contributed by atoms with Gasteiger partial charge in [0.2, 0.25) is 0 Å². The Morgan fingerprint density at radius 3 is 2.63 bits per heavy atom. The van der Waals surface area contributed by atoms with Crippen LogP contribution < -0.4 is 0 Å². The summed E-state index contributed by atoms with van der Waals surface area (Å²) < 4.78 is 0. The minimum absolute atomic E-state index is 0.0533. The molecule has 0 amide bonds. The quantitative estimate of drug-likeness (QED) is 0.836. The van der Waals surface area contributed by atoms with Gasteiger partial charge in [0.25, 0.3) is 0 Å². The number of allylic oxidation sites excluding steroid dienone is 4. The molecule has 0 bridgehead atoms. The van der Waals surface area contributed by atoms with E-state index >= 15 is 0 Å². The fourth-order valence-electron chi connectivity index (χ4n) is 1.48. The van der Waals surface area contributed by atoms with Crippen LogP contribution in [0.5, 0.6) is 0 Å². The van der Waals surface area contributed by atoms with E-state index in [1.54, 1.807) is 18.5 Å². The van der Waals surface area contributed by atoms with Crippen LogP contribution in [0.3, 0.4) is 0 Å². The maximum Gasteiger partial charge on any atom is 0.357 e. The van der Waals surface area contributed by atoms with Crippen LogP contribution in [0.15, 0.2) is 71.4 Å². The van der Waals surface area contributed by atoms with E-state index in [1.807, 2.05) is 30.4 Å². The van der Waals surface area contributed by atoms with Gasteiger partial charge in [-0.05, 0) is 30.7 Å². The number of nitrogens with zero attached hydrogens (tertiary/aromatic N) is 2. The number of oxime groups is 1. The van der Waals surface area contributed by atoms with Gasteiger partial charge in [0.15, 0.2) is 11.5 Å². The van der Waals surface area contributed by atoms with E-state index in [0.29, 0.717) is 12.2 Å². The van der Waals surface area contributed by atoms with Crippen molar-refractivity contribution in [1.82, 2.24) is 4.98 Å². The molecule has 5 nitrogen and oxygen atoms in total. The fourth-order valence-corrected chi connectivity index (χ4v) is 1.48. The summed E-state index contributed by atoms with van der Waals surface area (Å²) in [4.78, 5) is 19.2. The first-order valence-electron chi connectivity index (χ1n) is 5.68. The summed E-state index contributed by atoms with van der Waals surface area (Å²) in [7, 11) is 0. The Labute approximate surface area is 110 Å². The van der Waals surface area contributed by atoms with Crippen LogP contribution in [0.4, 0.5) is 0 Å². The molecule has 1 N–H and O–H groups in total. The molecule has 1 aromatic rings. The molecule has 0 spiro atoms. The van der Waals surface area contributed by atoms with Gasteiger partial charge in [0.1, 0.15) is 0 Å². The summed E-state index contributed by atoms with van der Waals surface area (Å²) in [6.45, 7) is 0. The van der Waals surface area contributed by atoms with E-state index in [2.05, 4.69) is 10.1 Å². The van der Waals surface area contributed by atoms with Crippen LogP contribution in [0, 0.1) is 0 Å². The second-order valence-electron chi connectivity index (χ2n) is 3.73. The van der Waals surface area contributed by atoms with Crippen LogP contribution in [-0.2, 0) is 9.63 Å². The highest BCUT2D eigenvalue weighted by Crippen LogP contribution is 2.23. The van der Waals surface area contributed by atoms with E-state index in [-0.39, 0.29) is 5.71 Å². The van der Waals surface area contributed by atoms with Gasteiger partial charge in [-0.2, -0.15) is 0 Å². The van der Waals surface area contributed by atoms with Gasteiger partial charge in [-0.3, -0.25) is 4.98 Å². The van der Waals surface area contributed by atoms with Gasteiger partial charge in [0, 0.05) is 18.0 Å². The lowest BCUT2D eigenvalue weighted by Crippen LogP contribution is -2.15. The molecule has 1 aromatic heterocycles. The lowest BCUT2D eigenvalue weighted by atomic mass is 10.0.